The quantitative estimate of drug-likeness (QED) is 0.151. The molecule has 4 heterocycles. The summed E-state index contributed by atoms with van der Waals surface area (Å²) in [6.45, 7) is 1.79. The van der Waals surface area contributed by atoms with Gasteiger partial charge in [-0.3, -0.25) is 14.6 Å². The molecule has 13 heteroatoms. The molecular formula is C37H39Cl2N7O4. The molecule has 2 aliphatic heterocycles. The lowest BCUT2D eigenvalue weighted by molar-refractivity contribution is -0.120. The number of rotatable bonds is 12. The SMILES string of the molecule is COc1nc(-c2cccc(-c3cccc(-c4cc5c(c(OC)n4)C(NCC4CCC(=O)N4)CC5)c3Cl)c2Cl)cnc1CNCC1CCC(=O)N1. The number of nitrogens with one attached hydrogen (secondary N) is 4. The molecule has 0 spiro atoms. The van der Waals surface area contributed by atoms with Gasteiger partial charge < -0.3 is 30.7 Å². The van der Waals surface area contributed by atoms with Crippen LogP contribution < -0.4 is 30.7 Å². The molecule has 2 amide bonds. The Bertz CT molecular complexity index is 1940. The summed E-state index contributed by atoms with van der Waals surface area (Å²) >= 11 is 14.3. The molecule has 0 radical (unpaired) electrons. The Hall–Kier alpha value is -4.29. The van der Waals surface area contributed by atoms with Gasteiger partial charge in [-0.1, -0.05) is 59.6 Å². The monoisotopic (exact) mass is 715 g/mol. The van der Waals surface area contributed by atoms with Gasteiger partial charge in [0.1, 0.15) is 5.69 Å². The van der Waals surface area contributed by atoms with E-state index in [4.69, 9.17) is 42.6 Å². The maximum absolute atomic E-state index is 11.7. The number of nitrogens with zero attached hydrogens (tertiary/aromatic N) is 3. The Kier molecular flexibility index (Phi) is 10.2. The number of aryl methyl sites for hydroxylation is 1. The molecule has 11 nitrogen and oxygen atoms in total. The number of aromatic nitrogens is 3. The van der Waals surface area contributed by atoms with Crippen molar-refractivity contribution in [3.63, 3.8) is 0 Å². The molecule has 7 rings (SSSR count). The van der Waals surface area contributed by atoms with Crippen molar-refractivity contribution in [2.45, 2.75) is 63.2 Å². The van der Waals surface area contributed by atoms with Gasteiger partial charge in [-0.15, -0.1) is 0 Å². The Morgan fingerprint density at radius 2 is 1.38 bits per heavy atom. The van der Waals surface area contributed by atoms with E-state index in [2.05, 4.69) is 32.3 Å². The van der Waals surface area contributed by atoms with Gasteiger partial charge in [-0.05, 0) is 37.3 Å². The molecule has 3 unspecified atom stereocenters. The third-order valence-corrected chi connectivity index (χ3v) is 10.5. The predicted octanol–water partition coefficient (Wildman–Crippen LogP) is 5.42. The van der Waals surface area contributed by atoms with Crippen LogP contribution in [0.15, 0.2) is 48.7 Å². The molecule has 4 aromatic rings. The van der Waals surface area contributed by atoms with Crippen molar-refractivity contribution in [3.05, 3.63) is 75.5 Å². The van der Waals surface area contributed by atoms with E-state index in [-0.39, 0.29) is 29.9 Å². The van der Waals surface area contributed by atoms with Crippen molar-refractivity contribution in [2.24, 2.45) is 0 Å². The smallest absolute Gasteiger partial charge is 0.237 e. The van der Waals surface area contributed by atoms with Gasteiger partial charge in [-0.2, -0.15) is 0 Å². The fraction of sp³-hybridized carbons (Fsp3) is 0.378. The zero-order valence-corrected chi connectivity index (χ0v) is 29.5. The Balaban J connectivity index is 1.13. The average Bonchev–Trinajstić information content (AvgIpc) is 3.86. The van der Waals surface area contributed by atoms with Crippen molar-refractivity contribution in [2.75, 3.05) is 27.3 Å². The van der Waals surface area contributed by atoms with Crippen LogP contribution in [-0.2, 0) is 22.6 Å². The molecule has 0 saturated carbocycles. The molecule has 4 N–H and O–H groups in total. The molecule has 260 valence electrons. The van der Waals surface area contributed by atoms with E-state index in [1.165, 1.54) is 0 Å². The minimum absolute atomic E-state index is 0.0847. The van der Waals surface area contributed by atoms with Crippen LogP contribution in [-0.4, -0.2) is 66.2 Å². The van der Waals surface area contributed by atoms with Gasteiger partial charge >= 0.3 is 0 Å². The van der Waals surface area contributed by atoms with Crippen LogP contribution in [0.5, 0.6) is 11.8 Å². The van der Waals surface area contributed by atoms with Crippen molar-refractivity contribution < 1.29 is 19.1 Å². The molecule has 2 saturated heterocycles. The number of carbonyl (C=O) groups is 2. The molecule has 2 aromatic carbocycles. The second kappa shape index (κ2) is 14.9. The predicted molar refractivity (Wildman–Crippen MR) is 192 cm³/mol. The first-order valence-electron chi connectivity index (χ1n) is 16.9. The van der Waals surface area contributed by atoms with Gasteiger partial charge in [0.25, 0.3) is 0 Å². The van der Waals surface area contributed by atoms with E-state index in [1.807, 2.05) is 36.4 Å². The van der Waals surface area contributed by atoms with Gasteiger partial charge in [0.2, 0.25) is 23.6 Å². The largest absolute Gasteiger partial charge is 0.481 e. The van der Waals surface area contributed by atoms with E-state index >= 15 is 0 Å². The highest BCUT2D eigenvalue weighted by molar-refractivity contribution is 6.39. The molecule has 2 fully saturated rings. The summed E-state index contributed by atoms with van der Waals surface area (Å²) < 4.78 is 11.4. The molecule has 50 heavy (non-hydrogen) atoms. The zero-order chi connectivity index (χ0) is 34.8. The van der Waals surface area contributed by atoms with Crippen LogP contribution in [0.4, 0.5) is 0 Å². The fourth-order valence-corrected chi connectivity index (χ4v) is 7.75. The van der Waals surface area contributed by atoms with Gasteiger partial charge in [0.15, 0.2) is 0 Å². The Morgan fingerprint density at radius 1 is 0.780 bits per heavy atom. The summed E-state index contributed by atoms with van der Waals surface area (Å²) in [4.78, 5) is 37.5. The maximum Gasteiger partial charge on any atom is 0.237 e. The average molecular weight is 717 g/mol. The Labute approximate surface area is 300 Å². The Morgan fingerprint density at radius 3 is 2.00 bits per heavy atom. The summed E-state index contributed by atoms with van der Waals surface area (Å²) in [7, 11) is 3.20. The first kappa shape index (κ1) is 34.2. The summed E-state index contributed by atoms with van der Waals surface area (Å²) in [5.74, 6) is 1.16. The number of pyridine rings is 1. The molecule has 0 bridgehead atoms. The number of fused-ring (bicyclic) bond motifs is 1. The van der Waals surface area contributed by atoms with Gasteiger partial charge in [-0.25, -0.2) is 9.97 Å². The minimum atomic E-state index is 0.0847. The van der Waals surface area contributed by atoms with Crippen LogP contribution in [0.1, 0.15) is 55.0 Å². The highest BCUT2D eigenvalue weighted by Gasteiger charge is 2.30. The highest BCUT2D eigenvalue weighted by atomic mass is 35.5. The number of halogens is 2. The van der Waals surface area contributed by atoms with Crippen molar-refractivity contribution >= 4 is 35.0 Å². The number of hydrogen-bond donors (Lipinski definition) is 4. The molecule has 2 aromatic heterocycles. The lowest BCUT2D eigenvalue weighted by atomic mass is 9.97. The van der Waals surface area contributed by atoms with Crippen LogP contribution >= 0.6 is 23.2 Å². The maximum atomic E-state index is 11.7. The number of amides is 2. The van der Waals surface area contributed by atoms with E-state index in [0.717, 1.165) is 59.2 Å². The van der Waals surface area contributed by atoms with E-state index in [1.54, 1.807) is 20.4 Å². The van der Waals surface area contributed by atoms with Crippen LogP contribution in [0.3, 0.4) is 0 Å². The third-order valence-electron chi connectivity index (χ3n) is 9.66. The van der Waals surface area contributed by atoms with Crippen LogP contribution in [0.2, 0.25) is 10.0 Å². The number of ether oxygens (including phenoxy) is 2. The van der Waals surface area contributed by atoms with Crippen LogP contribution in [0.25, 0.3) is 33.6 Å². The number of carbonyl (C=O) groups excluding carboxylic acids is 2. The van der Waals surface area contributed by atoms with Crippen LogP contribution in [0, 0.1) is 0 Å². The fourth-order valence-electron chi connectivity index (χ4n) is 7.10. The van der Waals surface area contributed by atoms with E-state index < -0.39 is 0 Å². The van der Waals surface area contributed by atoms with Crippen molar-refractivity contribution in [1.29, 1.82) is 0 Å². The van der Waals surface area contributed by atoms with Gasteiger partial charge in [0.05, 0.1) is 41.8 Å². The van der Waals surface area contributed by atoms with Gasteiger partial charge in [0, 0.05) is 78.4 Å². The highest BCUT2D eigenvalue weighted by Crippen LogP contribution is 2.44. The second-order valence-electron chi connectivity index (χ2n) is 12.9. The van der Waals surface area contributed by atoms with Crippen molar-refractivity contribution in [3.8, 4) is 45.4 Å². The standard InChI is InChI=1S/C37H39Cl2N7O4/c1-49-36-30(18-40-16-21-10-13-31(47)43-21)42-19-29(46-36)26-8-4-6-24(35(26)39)23-5-3-7-25(34(23)38)28-15-20-9-12-27(33(20)37(45-28)50-2)41-17-22-11-14-32(48)44-22/h3-8,15,19,21-22,27,40-41H,9-14,16-18H2,1-2H3,(H,43,47)(H,44,48). The van der Waals surface area contributed by atoms with Crippen molar-refractivity contribution in [1.82, 2.24) is 36.2 Å². The summed E-state index contributed by atoms with van der Waals surface area (Å²) in [6.07, 6.45) is 6.27. The molecule has 1 aliphatic carbocycles. The number of hydrogen-bond acceptors (Lipinski definition) is 9. The molecular weight excluding hydrogens is 677 g/mol. The molecule has 3 aliphatic rings. The zero-order valence-electron chi connectivity index (χ0n) is 27.9. The summed E-state index contributed by atoms with van der Waals surface area (Å²) in [5, 5.41) is 14.0. The minimum Gasteiger partial charge on any atom is -0.481 e. The lowest BCUT2D eigenvalue weighted by Gasteiger charge is -2.20. The topological polar surface area (TPSA) is 139 Å². The summed E-state index contributed by atoms with van der Waals surface area (Å²) in [6, 6.07) is 14.0. The number of methoxy groups -OCH3 is 2. The van der Waals surface area contributed by atoms with E-state index in [0.29, 0.717) is 71.2 Å². The molecule has 3 atom stereocenters. The normalized spacial score (nSPS) is 19.7. The first-order chi connectivity index (χ1) is 24.3. The first-order valence-corrected chi connectivity index (χ1v) is 17.7. The summed E-state index contributed by atoms with van der Waals surface area (Å²) in [5.41, 5.74) is 7.14. The number of benzene rings is 2. The third kappa shape index (κ3) is 7.00. The lowest BCUT2D eigenvalue weighted by Crippen LogP contribution is -2.36. The van der Waals surface area contributed by atoms with E-state index in [9.17, 15) is 9.59 Å². The second-order valence-corrected chi connectivity index (χ2v) is 13.6.